The molecule has 1 aromatic carbocycles. The molecular weight excluding hydrogens is 450 g/mol. The molecule has 2 heterocycles. The number of carbonyl (C=O) groups excluding carboxylic acids is 1. The van der Waals surface area contributed by atoms with Gasteiger partial charge in [0.2, 0.25) is 26.0 Å². The molecule has 2 saturated heterocycles. The molecule has 32 heavy (non-hydrogen) atoms. The molecule has 1 amide bonds. The molecule has 0 radical (unpaired) electrons. The minimum absolute atomic E-state index is 0.0543. The summed E-state index contributed by atoms with van der Waals surface area (Å²) in [5, 5.41) is 0. The highest BCUT2D eigenvalue weighted by atomic mass is 32.2. The third kappa shape index (κ3) is 4.73. The highest BCUT2D eigenvalue weighted by Gasteiger charge is 2.40. The zero-order valence-electron chi connectivity index (χ0n) is 18.6. The minimum atomic E-state index is -3.76. The van der Waals surface area contributed by atoms with Gasteiger partial charge in [0.15, 0.2) is 0 Å². The Morgan fingerprint density at radius 3 is 2.25 bits per heavy atom. The first-order valence-corrected chi connectivity index (χ1v) is 14.6. The molecule has 1 aliphatic carbocycles. The van der Waals surface area contributed by atoms with Crippen LogP contribution in [0.4, 0.5) is 5.69 Å². The summed E-state index contributed by atoms with van der Waals surface area (Å²) in [5.41, 5.74) is 0.0409. The number of nitrogens with zero attached hydrogens (tertiary/aromatic N) is 2. The lowest BCUT2D eigenvalue weighted by Gasteiger charge is -2.49. The van der Waals surface area contributed by atoms with Crippen molar-refractivity contribution in [2.75, 3.05) is 29.7 Å². The van der Waals surface area contributed by atoms with E-state index in [-0.39, 0.29) is 28.3 Å². The fraction of sp³-hybridized carbons (Fsp3) is 0.682. The molecule has 1 N–H and O–H groups in total. The SMILES string of the molecule is CC1CCN(C2(CNS(=O)(=O)c3ccc(N4C(=O)CCS4(=O)=O)cc3)CCCCC2)CC1. The number of amides is 1. The van der Waals surface area contributed by atoms with Gasteiger partial charge in [-0.25, -0.2) is 25.9 Å². The number of hydrogen-bond donors (Lipinski definition) is 1. The number of anilines is 1. The quantitative estimate of drug-likeness (QED) is 0.667. The normalized spacial score (nSPS) is 24.7. The number of nitrogens with one attached hydrogen (secondary N) is 1. The van der Waals surface area contributed by atoms with Gasteiger partial charge >= 0.3 is 0 Å². The lowest BCUT2D eigenvalue weighted by Crippen LogP contribution is -2.58. The van der Waals surface area contributed by atoms with Crippen LogP contribution in [0.5, 0.6) is 0 Å². The topological polar surface area (TPSA) is 104 Å². The molecule has 0 atom stereocenters. The molecule has 0 spiro atoms. The van der Waals surface area contributed by atoms with Gasteiger partial charge in [-0.15, -0.1) is 0 Å². The Bertz CT molecular complexity index is 1040. The Hall–Kier alpha value is -1.49. The summed E-state index contributed by atoms with van der Waals surface area (Å²) in [4.78, 5) is 14.5. The number of carbonyl (C=O) groups is 1. The lowest BCUT2D eigenvalue weighted by atomic mass is 9.78. The van der Waals surface area contributed by atoms with Crippen molar-refractivity contribution in [2.45, 2.75) is 68.7 Å². The first-order chi connectivity index (χ1) is 15.1. The van der Waals surface area contributed by atoms with Gasteiger partial charge in [0.05, 0.1) is 16.3 Å². The fourth-order valence-electron chi connectivity index (χ4n) is 5.24. The van der Waals surface area contributed by atoms with Gasteiger partial charge < -0.3 is 0 Å². The molecule has 3 fully saturated rings. The van der Waals surface area contributed by atoms with Gasteiger partial charge in [-0.1, -0.05) is 26.2 Å². The van der Waals surface area contributed by atoms with Gasteiger partial charge in [-0.2, -0.15) is 0 Å². The van der Waals surface area contributed by atoms with Gasteiger partial charge in [-0.05, 0) is 69.0 Å². The molecule has 1 saturated carbocycles. The molecule has 178 valence electrons. The maximum Gasteiger partial charge on any atom is 0.242 e. The lowest BCUT2D eigenvalue weighted by molar-refractivity contribution is -0.116. The highest BCUT2D eigenvalue weighted by molar-refractivity contribution is 7.94. The van der Waals surface area contributed by atoms with Crippen LogP contribution in [0.1, 0.15) is 58.3 Å². The van der Waals surface area contributed by atoms with Crippen LogP contribution in [0.25, 0.3) is 0 Å². The van der Waals surface area contributed by atoms with Crippen LogP contribution in [0, 0.1) is 5.92 Å². The smallest absolute Gasteiger partial charge is 0.242 e. The van der Waals surface area contributed by atoms with Crippen LogP contribution in [-0.4, -0.2) is 58.6 Å². The van der Waals surface area contributed by atoms with Crippen molar-refractivity contribution in [1.29, 1.82) is 0 Å². The second-order valence-electron chi connectivity index (χ2n) is 9.50. The fourth-order valence-corrected chi connectivity index (χ4v) is 7.82. The molecule has 10 heteroatoms. The summed E-state index contributed by atoms with van der Waals surface area (Å²) in [5.74, 6) is 0.00682. The van der Waals surface area contributed by atoms with Gasteiger partial charge in [-0.3, -0.25) is 9.69 Å². The third-order valence-corrected chi connectivity index (χ3v) is 10.4. The van der Waals surface area contributed by atoms with Crippen LogP contribution in [0.2, 0.25) is 0 Å². The van der Waals surface area contributed by atoms with Crippen LogP contribution >= 0.6 is 0 Å². The summed E-state index contributed by atoms with van der Waals surface area (Å²) >= 11 is 0. The average molecular weight is 484 g/mol. The van der Waals surface area contributed by atoms with Crippen LogP contribution in [0.15, 0.2) is 29.2 Å². The summed E-state index contributed by atoms with van der Waals surface area (Å²) < 4.78 is 53.9. The zero-order chi connectivity index (χ0) is 23.0. The molecule has 0 bridgehead atoms. The molecule has 0 aromatic heterocycles. The van der Waals surface area contributed by atoms with Gasteiger partial charge in [0.1, 0.15) is 0 Å². The Morgan fingerprint density at radius 1 is 1.06 bits per heavy atom. The zero-order valence-corrected chi connectivity index (χ0v) is 20.3. The number of piperidine rings is 1. The average Bonchev–Trinajstić information content (AvgIpc) is 3.06. The van der Waals surface area contributed by atoms with Crippen molar-refractivity contribution in [1.82, 2.24) is 9.62 Å². The predicted octanol–water partition coefficient (Wildman–Crippen LogP) is 2.47. The Kier molecular flexibility index (Phi) is 6.68. The van der Waals surface area contributed by atoms with Crippen LogP contribution in [-0.2, 0) is 24.8 Å². The van der Waals surface area contributed by atoms with E-state index in [2.05, 4.69) is 16.5 Å². The first-order valence-electron chi connectivity index (χ1n) is 11.5. The summed E-state index contributed by atoms with van der Waals surface area (Å²) in [6.07, 6.45) is 7.65. The third-order valence-electron chi connectivity index (χ3n) is 7.29. The molecule has 8 nitrogen and oxygen atoms in total. The Balaban J connectivity index is 1.49. The maximum atomic E-state index is 13.0. The van der Waals surface area contributed by atoms with Crippen molar-refractivity contribution < 1.29 is 21.6 Å². The number of likely N-dealkylation sites (tertiary alicyclic amines) is 1. The number of rotatable bonds is 6. The van der Waals surface area contributed by atoms with E-state index in [1.165, 1.54) is 30.7 Å². The van der Waals surface area contributed by atoms with E-state index in [0.29, 0.717) is 12.5 Å². The molecule has 0 unspecified atom stereocenters. The molecule has 2 aliphatic heterocycles. The number of benzene rings is 1. The van der Waals surface area contributed by atoms with E-state index in [9.17, 15) is 21.6 Å². The summed E-state index contributed by atoms with van der Waals surface area (Å²) in [6, 6.07) is 5.51. The highest BCUT2D eigenvalue weighted by Crippen LogP contribution is 2.36. The van der Waals surface area contributed by atoms with Crippen molar-refractivity contribution in [3.63, 3.8) is 0 Å². The second-order valence-corrected chi connectivity index (χ2v) is 13.2. The Morgan fingerprint density at radius 2 is 1.69 bits per heavy atom. The first kappa shape index (κ1) is 23.7. The summed E-state index contributed by atoms with van der Waals surface area (Å²) in [6.45, 7) is 4.68. The number of hydrogen-bond acceptors (Lipinski definition) is 6. The van der Waals surface area contributed by atoms with E-state index in [0.717, 1.165) is 55.9 Å². The summed E-state index contributed by atoms with van der Waals surface area (Å²) in [7, 11) is -7.43. The van der Waals surface area contributed by atoms with Crippen molar-refractivity contribution >= 4 is 31.6 Å². The standard InChI is InChI=1S/C22H33N3O5S2/c1-18-9-14-24(15-10-18)22(12-3-2-4-13-22)17-23-32(29,30)20-7-5-19(6-8-20)25-21(26)11-16-31(25,27)28/h5-8,18,23H,2-4,9-17H2,1H3. The van der Waals surface area contributed by atoms with E-state index < -0.39 is 26.0 Å². The van der Waals surface area contributed by atoms with Gasteiger partial charge in [0, 0.05) is 18.5 Å². The Labute approximate surface area is 191 Å². The molecular formula is C22H33N3O5S2. The van der Waals surface area contributed by atoms with E-state index in [1.54, 1.807) is 0 Å². The van der Waals surface area contributed by atoms with E-state index in [1.807, 2.05) is 0 Å². The van der Waals surface area contributed by atoms with Crippen molar-refractivity contribution in [3.05, 3.63) is 24.3 Å². The van der Waals surface area contributed by atoms with E-state index >= 15 is 0 Å². The van der Waals surface area contributed by atoms with Gasteiger partial charge in [0.25, 0.3) is 0 Å². The molecule has 4 rings (SSSR count). The van der Waals surface area contributed by atoms with Crippen molar-refractivity contribution in [2.24, 2.45) is 5.92 Å². The minimum Gasteiger partial charge on any atom is -0.296 e. The van der Waals surface area contributed by atoms with Crippen molar-refractivity contribution in [3.8, 4) is 0 Å². The van der Waals surface area contributed by atoms with Crippen LogP contribution in [0.3, 0.4) is 0 Å². The number of sulfonamides is 2. The monoisotopic (exact) mass is 483 g/mol. The molecule has 3 aliphatic rings. The largest absolute Gasteiger partial charge is 0.296 e. The maximum absolute atomic E-state index is 13.0. The molecule has 1 aromatic rings. The van der Waals surface area contributed by atoms with Crippen LogP contribution < -0.4 is 9.03 Å². The second kappa shape index (κ2) is 9.04. The predicted molar refractivity (Wildman–Crippen MR) is 123 cm³/mol. The van der Waals surface area contributed by atoms with E-state index in [4.69, 9.17) is 0 Å².